The lowest BCUT2D eigenvalue weighted by atomic mass is 9.69. The van der Waals surface area contributed by atoms with Gasteiger partial charge in [0.05, 0.1) is 5.92 Å². The summed E-state index contributed by atoms with van der Waals surface area (Å²) in [6.07, 6.45) is 9.22. The van der Waals surface area contributed by atoms with E-state index in [1.54, 1.807) is 12.4 Å². The van der Waals surface area contributed by atoms with Gasteiger partial charge in [0.25, 0.3) is 0 Å². The molecule has 1 amide bonds. The minimum Gasteiger partial charge on any atom is -0.352 e. The number of carbonyl (C=O) groups is 1. The first-order chi connectivity index (χ1) is 11.9. The maximum atomic E-state index is 13.0. The molecule has 1 N–H and O–H groups in total. The van der Waals surface area contributed by atoms with Crippen molar-refractivity contribution in [3.8, 4) is 0 Å². The third-order valence-electron chi connectivity index (χ3n) is 7.74. The quantitative estimate of drug-likeness (QED) is 0.917. The number of carbonyl (C=O) groups excluding carboxylic acids is 1. The molecule has 1 aliphatic heterocycles. The van der Waals surface area contributed by atoms with Crippen molar-refractivity contribution in [1.29, 1.82) is 0 Å². The number of aromatic nitrogens is 2. The Bertz CT molecular complexity index is 646. The summed E-state index contributed by atoms with van der Waals surface area (Å²) in [7, 11) is 0. The number of fused-ring (bicyclic) bond motifs is 2. The highest BCUT2D eigenvalue weighted by Gasteiger charge is 2.61. The van der Waals surface area contributed by atoms with Crippen LogP contribution in [0.1, 0.15) is 52.9 Å². The first-order valence-corrected chi connectivity index (χ1v) is 9.74. The van der Waals surface area contributed by atoms with E-state index < -0.39 is 0 Å². The van der Waals surface area contributed by atoms with Gasteiger partial charge in [-0.05, 0) is 54.9 Å². The molecule has 5 nitrogen and oxygen atoms in total. The monoisotopic (exact) mass is 342 g/mol. The van der Waals surface area contributed by atoms with Gasteiger partial charge in [0.1, 0.15) is 0 Å². The van der Waals surface area contributed by atoms with Crippen molar-refractivity contribution in [2.24, 2.45) is 22.7 Å². The third kappa shape index (κ3) is 2.63. The molecule has 0 aromatic carbocycles. The summed E-state index contributed by atoms with van der Waals surface area (Å²) in [6, 6.07) is 2.16. The minimum atomic E-state index is 0.0448. The molecule has 1 aromatic heterocycles. The fraction of sp³-hybridized carbons (Fsp3) is 0.750. The Kier molecular flexibility index (Phi) is 4.00. The van der Waals surface area contributed by atoms with Crippen molar-refractivity contribution in [3.05, 3.63) is 18.5 Å². The molecular formula is C20H30N4O. The van der Waals surface area contributed by atoms with E-state index in [4.69, 9.17) is 0 Å². The topological polar surface area (TPSA) is 58.1 Å². The van der Waals surface area contributed by atoms with Gasteiger partial charge in [0.2, 0.25) is 11.9 Å². The number of rotatable bonds is 3. The van der Waals surface area contributed by atoms with E-state index in [2.05, 4.69) is 41.0 Å². The molecule has 2 aliphatic carbocycles. The predicted octanol–water partition coefficient (Wildman–Crippen LogP) is 3.02. The Balaban J connectivity index is 1.42. The van der Waals surface area contributed by atoms with E-state index in [0.717, 1.165) is 44.2 Å². The van der Waals surface area contributed by atoms with Gasteiger partial charge in [-0.25, -0.2) is 9.97 Å². The first kappa shape index (κ1) is 16.8. The number of nitrogens with one attached hydrogen (secondary N) is 1. The molecular weight excluding hydrogens is 312 g/mol. The van der Waals surface area contributed by atoms with E-state index in [1.165, 1.54) is 12.8 Å². The van der Waals surface area contributed by atoms with E-state index in [0.29, 0.717) is 11.5 Å². The van der Waals surface area contributed by atoms with Crippen LogP contribution >= 0.6 is 0 Å². The van der Waals surface area contributed by atoms with E-state index in [-0.39, 0.29) is 17.2 Å². The maximum absolute atomic E-state index is 13.0. The molecule has 3 fully saturated rings. The molecule has 0 unspecified atom stereocenters. The molecule has 4 rings (SSSR count). The zero-order valence-corrected chi connectivity index (χ0v) is 15.7. The van der Waals surface area contributed by atoms with Crippen LogP contribution in [0.2, 0.25) is 0 Å². The summed E-state index contributed by atoms with van der Waals surface area (Å²) in [4.78, 5) is 23.8. The van der Waals surface area contributed by atoms with Crippen LogP contribution in [0.3, 0.4) is 0 Å². The average molecular weight is 342 g/mol. The van der Waals surface area contributed by atoms with Gasteiger partial charge in [-0.3, -0.25) is 4.79 Å². The van der Waals surface area contributed by atoms with Crippen LogP contribution in [-0.4, -0.2) is 35.0 Å². The van der Waals surface area contributed by atoms with Crippen LogP contribution in [0.4, 0.5) is 5.95 Å². The lowest BCUT2D eigenvalue weighted by Gasteiger charge is -2.40. The van der Waals surface area contributed by atoms with Gasteiger partial charge < -0.3 is 10.2 Å². The van der Waals surface area contributed by atoms with Gasteiger partial charge in [-0.2, -0.15) is 0 Å². The summed E-state index contributed by atoms with van der Waals surface area (Å²) in [6.45, 7) is 8.84. The summed E-state index contributed by atoms with van der Waals surface area (Å²) in [5.41, 5.74) is 0.575. The maximum Gasteiger partial charge on any atom is 0.225 e. The minimum absolute atomic E-state index is 0.0448. The van der Waals surface area contributed by atoms with Crippen molar-refractivity contribution < 1.29 is 4.79 Å². The van der Waals surface area contributed by atoms with Gasteiger partial charge in [-0.1, -0.05) is 20.8 Å². The summed E-state index contributed by atoms with van der Waals surface area (Å²) in [5, 5.41) is 3.44. The number of hydrogen-bond acceptors (Lipinski definition) is 4. The second kappa shape index (κ2) is 5.96. The average Bonchev–Trinajstić information content (AvgIpc) is 2.96. The van der Waals surface area contributed by atoms with Gasteiger partial charge in [-0.15, -0.1) is 0 Å². The smallest absolute Gasteiger partial charge is 0.225 e. The van der Waals surface area contributed by atoms with Crippen LogP contribution in [0.15, 0.2) is 18.5 Å². The number of nitrogens with zero attached hydrogens (tertiary/aromatic N) is 3. The Labute approximate surface area is 150 Å². The van der Waals surface area contributed by atoms with Crippen molar-refractivity contribution in [2.45, 2.75) is 58.9 Å². The molecule has 1 saturated heterocycles. The second-order valence-corrected chi connectivity index (χ2v) is 9.01. The van der Waals surface area contributed by atoms with Gasteiger partial charge in [0, 0.05) is 31.5 Å². The normalized spacial score (nSPS) is 36.4. The first-order valence-electron chi connectivity index (χ1n) is 9.74. The molecule has 1 aromatic rings. The molecule has 2 saturated carbocycles. The summed E-state index contributed by atoms with van der Waals surface area (Å²) >= 11 is 0. The molecule has 2 bridgehead atoms. The molecule has 25 heavy (non-hydrogen) atoms. The molecule has 3 aliphatic rings. The third-order valence-corrected chi connectivity index (χ3v) is 7.74. The molecule has 136 valence electrons. The zero-order chi connectivity index (χ0) is 17.7. The van der Waals surface area contributed by atoms with E-state index in [1.807, 2.05) is 6.07 Å². The van der Waals surface area contributed by atoms with Crippen LogP contribution in [0.25, 0.3) is 0 Å². The van der Waals surface area contributed by atoms with Crippen LogP contribution in [0, 0.1) is 22.7 Å². The number of hydrogen-bond donors (Lipinski definition) is 1. The standard InChI is InChI=1S/C20H30N4O/c1-19(2)15-7-8-20(19,3)16(12-15)23-17(25)14-6-4-11-24(13-14)18-21-9-5-10-22-18/h5,9-10,14-16H,4,6-8,11-13H2,1-3H3,(H,23,25)/t14-,15-,16+,20-/m0/s1. The summed E-state index contributed by atoms with van der Waals surface area (Å²) < 4.78 is 0. The highest BCUT2D eigenvalue weighted by molar-refractivity contribution is 5.80. The Hall–Kier alpha value is -1.65. The number of piperidine rings is 1. The Morgan fingerprint density at radius 2 is 2.00 bits per heavy atom. The van der Waals surface area contributed by atoms with Crippen LogP contribution in [-0.2, 0) is 4.79 Å². The SMILES string of the molecule is CC1(C)[C@H]2CC[C@@]1(C)[C@H](NC(=O)[C@H]1CCCN(c3ncccn3)C1)C2. The summed E-state index contributed by atoms with van der Waals surface area (Å²) in [5.74, 6) is 1.77. The molecule has 0 spiro atoms. The number of anilines is 1. The fourth-order valence-electron chi connectivity index (χ4n) is 5.54. The number of amides is 1. The van der Waals surface area contributed by atoms with E-state index in [9.17, 15) is 4.79 Å². The highest BCUT2D eigenvalue weighted by Crippen LogP contribution is 2.65. The van der Waals surface area contributed by atoms with E-state index >= 15 is 0 Å². The van der Waals surface area contributed by atoms with Gasteiger partial charge in [0.15, 0.2) is 0 Å². The van der Waals surface area contributed by atoms with Crippen molar-refractivity contribution >= 4 is 11.9 Å². The predicted molar refractivity (Wildman–Crippen MR) is 98.1 cm³/mol. The molecule has 2 heterocycles. The van der Waals surface area contributed by atoms with Crippen LogP contribution < -0.4 is 10.2 Å². The lowest BCUT2D eigenvalue weighted by Crippen LogP contribution is -2.51. The molecule has 0 radical (unpaired) electrons. The Morgan fingerprint density at radius 3 is 2.64 bits per heavy atom. The highest BCUT2D eigenvalue weighted by atomic mass is 16.2. The second-order valence-electron chi connectivity index (χ2n) is 9.01. The molecule has 5 heteroatoms. The lowest BCUT2D eigenvalue weighted by molar-refractivity contribution is -0.127. The fourth-order valence-corrected chi connectivity index (χ4v) is 5.54. The zero-order valence-electron chi connectivity index (χ0n) is 15.7. The Morgan fingerprint density at radius 1 is 1.24 bits per heavy atom. The van der Waals surface area contributed by atoms with Crippen LogP contribution in [0.5, 0.6) is 0 Å². The molecule has 4 atom stereocenters. The van der Waals surface area contributed by atoms with Crippen molar-refractivity contribution in [3.63, 3.8) is 0 Å². The van der Waals surface area contributed by atoms with Crippen molar-refractivity contribution in [1.82, 2.24) is 15.3 Å². The largest absolute Gasteiger partial charge is 0.352 e. The van der Waals surface area contributed by atoms with Gasteiger partial charge >= 0.3 is 0 Å². The van der Waals surface area contributed by atoms with Crippen molar-refractivity contribution in [2.75, 3.05) is 18.0 Å².